The van der Waals surface area contributed by atoms with E-state index in [9.17, 15) is 13.6 Å². The Hall–Kier alpha value is -3.12. The van der Waals surface area contributed by atoms with E-state index in [1.54, 1.807) is 41.4 Å². The molecule has 1 fully saturated rings. The summed E-state index contributed by atoms with van der Waals surface area (Å²) in [5, 5.41) is 6.39. The van der Waals surface area contributed by atoms with Crippen LogP contribution >= 0.6 is 15.9 Å². The molecule has 3 aromatic rings. The molecule has 0 radical (unpaired) electrons. The van der Waals surface area contributed by atoms with E-state index in [-0.39, 0.29) is 29.5 Å². The lowest BCUT2D eigenvalue weighted by Crippen LogP contribution is -2.31. The van der Waals surface area contributed by atoms with Gasteiger partial charge in [-0.25, -0.2) is 13.8 Å². The highest BCUT2D eigenvalue weighted by Crippen LogP contribution is 2.45. The van der Waals surface area contributed by atoms with Gasteiger partial charge in [-0.2, -0.15) is 5.10 Å². The van der Waals surface area contributed by atoms with Crippen LogP contribution in [0.4, 0.5) is 8.78 Å². The Bertz CT molecular complexity index is 1230. The van der Waals surface area contributed by atoms with Gasteiger partial charge >= 0.3 is 0 Å². The van der Waals surface area contributed by atoms with E-state index in [2.05, 4.69) is 15.9 Å². The van der Waals surface area contributed by atoms with E-state index in [0.29, 0.717) is 5.56 Å². The Morgan fingerprint density at radius 1 is 0.939 bits per heavy atom. The van der Waals surface area contributed by atoms with Crippen molar-refractivity contribution < 1.29 is 13.6 Å². The number of amides is 1. The number of allylic oxidation sites excluding steroid dienone is 1. The van der Waals surface area contributed by atoms with E-state index in [4.69, 9.17) is 5.10 Å². The predicted molar refractivity (Wildman–Crippen MR) is 129 cm³/mol. The van der Waals surface area contributed by atoms with Crippen LogP contribution in [0.15, 0.2) is 87.9 Å². The Morgan fingerprint density at radius 3 is 2.24 bits per heavy atom. The van der Waals surface area contributed by atoms with Crippen LogP contribution in [-0.2, 0) is 0 Å². The lowest BCUT2D eigenvalue weighted by atomic mass is 9.77. The zero-order valence-electron chi connectivity index (χ0n) is 17.7. The molecule has 1 heterocycles. The first kappa shape index (κ1) is 21.7. The van der Waals surface area contributed by atoms with Gasteiger partial charge in [0.05, 0.1) is 11.8 Å². The molecule has 33 heavy (non-hydrogen) atoms. The first-order valence-electron chi connectivity index (χ1n) is 10.9. The number of halogens is 3. The number of carbonyl (C=O) groups is 1. The zero-order chi connectivity index (χ0) is 22.9. The minimum absolute atomic E-state index is 0.00954. The number of hydrazone groups is 1. The maximum atomic E-state index is 13.6. The maximum absolute atomic E-state index is 13.6. The molecule has 0 spiro atoms. The third-order valence-corrected chi connectivity index (χ3v) is 6.75. The van der Waals surface area contributed by atoms with Gasteiger partial charge in [0.25, 0.3) is 5.91 Å². The number of carbonyl (C=O) groups excluding carboxylic acids is 1. The molecule has 0 saturated heterocycles. The topological polar surface area (TPSA) is 32.7 Å². The van der Waals surface area contributed by atoms with Crippen molar-refractivity contribution in [3.63, 3.8) is 0 Å². The van der Waals surface area contributed by atoms with Crippen LogP contribution in [0.1, 0.15) is 46.8 Å². The Labute approximate surface area is 199 Å². The number of benzene rings is 3. The average molecular weight is 507 g/mol. The van der Waals surface area contributed by atoms with E-state index < -0.39 is 0 Å². The fourth-order valence-electron chi connectivity index (χ4n) is 4.65. The predicted octanol–water partition coefficient (Wildman–Crippen LogP) is 7.16. The van der Waals surface area contributed by atoms with Crippen LogP contribution in [0.5, 0.6) is 0 Å². The van der Waals surface area contributed by atoms with Gasteiger partial charge in [0, 0.05) is 16.0 Å². The molecule has 0 bridgehead atoms. The highest BCUT2D eigenvalue weighted by molar-refractivity contribution is 9.10. The van der Waals surface area contributed by atoms with Crippen LogP contribution in [0.2, 0.25) is 0 Å². The standard InChI is InChI=1S/C27H21BrF2N2O/c28-21-10-6-19(7-11-21)27(33)32-26(18-8-14-23(30)15-9-18)24-3-1-2-20(25(24)31-32)16-17-4-12-22(29)13-5-17/h4-16,24,26H,1-3H2/b20-16+/t24-,26+/m0/s1. The van der Waals surface area contributed by atoms with E-state index in [1.165, 1.54) is 24.3 Å². The molecule has 0 unspecified atom stereocenters. The second-order valence-corrected chi connectivity index (χ2v) is 9.27. The Morgan fingerprint density at radius 2 is 1.58 bits per heavy atom. The lowest BCUT2D eigenvalue weighted by Gasteiger charge is -2.29. The van der Waals surface area contributed by atoms with Gasteiger partial charge in [0.2, 0.25) is 0 Å². The molecule has 2 aliphatic rings. The summed E-state index contributed by atoms with van der Waals surface area (Å²) in [4.78, 5) is 13.5. The van der Waals surface area contributed by atoms with Crippen molar-refractivity contribution in [2.75, 3.05) is 0 Å². The monoisotopic (exact) mass is 506 g/mol. The molecule has 3 nitrogen and oxygen atoms in total. The maximum Gasteiger partial charge on any atom is 0.274 e. The number of hydrogen-bond donors (Lipinski definition) is 0. The fourth-order valence-corrected chi connectivity index (χ4v) is 4.91. The second kappa shape index (κ2) is 9.02. The van der Waals surface area contributed by atoms with Crippen LogP contribution in [0.25, 0.3) is 6.08 Å². The van der Waals surface area contributed by atoms with Crippen LogP contribution < -0.4 is 0 Å². The third kappa shape index (κ3) is 4.40. The minimum Gasteiger partial charge on any atom is -0.267 e. The third-order valence-electron chi connectivity index (χ3n) is 6.22. The summed E-state index contributed by atoms with van der Waals surface area (Å²) in [6.07, 6.45) is 4.70. The SMILES string of the molecule is O=C(c1ccc(Br)cc1)N1N=C2/C(=C/c3ccc(F)cc3)CCC[C@@H]2[C@H]1c1ccc(F)cc1. The Balaban J connectivity index is 1.57. The van der Waals surface area contributed by atoms with Gasteiger partial charge in [-0.3, -0.25) is 4.79 Å². The molecule has 0 aromatic heterocycles. The summed E-state index contributed by atoms with van der Waals surface area (Å²) in [7, 11) is 0. The highest BCUT2D eigenvalue weighted by atomic mass is 79.9. The summed E-state index contributed by atoms with van der Waals surface area (Å²) >= 11 is 3.41. The van der Waals surface area contributed by atoms with Gasteiger partial charge in [0.1, 0.15) is 11.6 Å². The quantitative estimate of drug-likeness (QED) is 0.370. The van der Waals surface area contributed by atoms with Gasteiger partial charge < -0.3 is 0 Å². The Kier molecular flexibility index (Phi) is 5.94. The smallest absolute Gasteiger partial charge is 0.267 e. The average Bonchev–Trinajstić information content (AvgIpc) is 3.22. The summed E-state index contributed by atoms with van der Waals surface area (Å²) in [5.41, 5.74) is 4.22. The largest absolute Gasteiger partial charge is 0.274 e. The number of rotatable bonds is 3. The lowest BCUT2D eigenvalue weighted by molar-refractivity contribution is 0.0681. The second-order valence-electron chi connectivity index (χ2n) is 8.36. The van der Waals surface area contributed by atoms with Gasteiger partial charge in [-0.15, -0.1) is 0 Å². The molecular formula is C27H21BrF2N2O. The van der Waals surface area contributed by atoms with Crippen molar-refractivity contribution >= 4 is 33.6 Å². The molecule has 0 N–H and O–H groups in total. The first-order chi connectivity index (χ1) is 16.0. The molecule has 1 aliphatic carbocycles. The molecule has 2 atom stereocenters. The first-order valence-corrected chi connectivity index (χ1v) is 11.7. The van der Waals surface area contributed by atoms with E-state index in [0.717, 1.165) is 46.1 Å². The molecule has 1 aliphatic heterocycles. The van der Waals surface area contributed by atoms with Crippen molar-refractivity contribution in [2.45, 2.75) is 25.3 Å². The molecule has 1 amide bonds. The fraction of sp³-hybridized carbons (Fsp3) is 0.185. The number of hydrogen-bond acceptors (Lipinski definition) is 2. The molecule has 6 heteroatoms. The molecule has 166 valence electrons. The minimum atomic E-state index is -0.316. The summed E-state index contributed by atoms with van der Waals surface area (Å²) in [6, 6.07) is 19.6. The molecular weight excluding hydrogens is 486 g/mol. The van der Waals surface area contributed by atoms with Gasteiger partial charge in [-0.1, -0.05) is 40.2 Å². The normalized spacial score (nSPS) is 21.1. The van der Waals surface area contributed by atoms with Crippen LogP contribution in [0, 0.1) is 17.6 Å². The van der Waals surface area contributed by atoms with E-state index >= 15 is 0 Å². The zero-order valence-corrected chi connectivity index (χ0v) is 19.3. The summed E-state index contributed by atoms with van der Waals surface area (Å²) in [6.45, 7) is 0. The van der Waals surface area contributed by atoms with Gasteiger partial charge in [-0.05, 0) is 90.6 Å². The van der Waals surface area contributed by atoms with Crippen LogP contribution in [0.3, 0.4) is 0 Å². The van der Waals surface area contributed by atoms with Crippen molar-refractivity contribution in [1.29, 1.82) is 0 Å². The molecule has 5 rings (SSSR count). The highest BCUT2D eigenvalue weighted by Gasteiger charge is 2.43. The van der Waals surface area contributed by atoms with Gasteiger partial charge in [0.15, 0.2) is 0 Å². The molecule has 3 aromatic carbocycles. The van der Waals surface area contributed by atoms with Crippen molar-refractivity contribution in [3.05, 3.63) is 111 Å². The number of nitrogens with zero attached hydrogens (tertiary/aromatic N) is 2. The molecule has 1 saturated carbocycles. The van der Waals surface area contributed by atoms with Crippen LogP contribution in [-0.4, -0.2) is 16.6 Å². The summed E-state index contributed by atoms with van der Waals surface area (Å²) in [5.74, 6) is -0.779. The van der Waals surface area contributed by atoms with Crippen molar-refractivity contribution in [1.82, 2.24) is 5.01 Å². The van der Waals surface area contributed by atoms with Crippen molar-refractivity contribution in [2.24, 2.45) is 11.0 Å². The number of fused-ring (bicyclic) bond motifs is 1. The summed E-state index contributed by atoms with van der Waals surface area (Å²) < 4.78 is 27.9. The van der Waals surface area contributed by atoms with E-state index in [1.807, 2.05) is 18.2 Å². The van der Waals surface area contributed by atoms with Crippen molar-refractivity contribution in [3.8, 4) is 0 Å².